The van der Waals surface area contributed by atoms with Crippen molar-refractivity contribution < 1.29 is 31.8 Å². The first-order valence-electron chi connectivity index (χ1n) is 23.1. The fraction of sp³-hybridized carbons (Fsp3) is 0. The summed E-state index contributed by atoms with van der Waals surface area (Å²) in [5, 5.41) is -1.07. The molecule has 0 N–H and O–H groups in total. The van der Waals surface area contributed by atoms with E-state index in [2.05, 4.69) is 0 Å². The number of furan rings is 1. The smallest absolute Gasteiger partial charge is 0.143 e. The van der Waals surface area contributed by atoms with E-state index in [0.29, 0.717) is 5.39 Å². The van der Waals surface area contributed by atoms with Crippen molar-refractivity contribution in [1.82, 2.24) is 0 Å². The SMILES string of the molecule is [2H]c1c([2H])c([2H])c(-c2c3c([2H])c([2H])c([2H])c([2H])c3c(-c3ccc(-c4c([2H])c([2H])c([2H])c5c4oc4c([2H])c([2H])c([2H])c([2H])c45)c4ccccc34)c3c([2H])c([2H])c([2H])c([2H])c23)c([2H])c1[2H]. The molecule has 0 spiro atoms. The zero-order chi connectivity index (χ0) is 45.7. The van der Waals surface area contributed by atoms with E-state index in [-0.39, 0.29) is 71.1 Å². The van der Waals surface area contributed by atoms with E-state index < -0.39 is 132 Å². The van der Waals surface area contributed by atoms with E-state index in [4.69, 9.17) is 26.3 Å². The highest BCUT2D eigenvalue weighted by molar-refractivity contribution is 6.24. The van der Waals surface area contributed by atoms with Gasteiger partial charge in [0.15, 0.2) is 0 Å². The van der Waals surface area contributed by atoms with Crippen LogP contribution in [0.15, 0.2) is 162 Å². The molecule has 0 fully saturated rings. The molecule has 0 bridgehead atoms. The topological polar surface area (TPSA) is 13.1 Å². The van der Waals surface area contributed by atoms with Gasteiger partial charge in [-0.05, 0) is 66.2 Å². The first kappa shape index (κ1) is 11.6. The molecule has 0 unspecified atom stereocenters. The van der Waals surface area contributed by atoms with E-state index in [0.717, 1.165) is 0 Å². The van der Waals surface area contributed by atoms with Crippen LogP contribution in [0.1, 0.15) is 27.4 Å². The summed E-state index contributed by atoms with van der Waals surface area (Å²) < 4.78 is 182. The zero-order valence-electron chi connectivity index (χ0n) is 41.9. The number of fused-ring (bicyclic) bond motifs is 6. The standard InChI is InChI=1S/C42H26O/c1-2-13-27(14-3-1)40-32-18-6-8-20-34(32)41(35-21-9-7-19-33(35)40)36-26-25-30(28-15-4-5-16-29(28)36)37-22-12-23-38-31-17-10-11-24-39(31)43-42(37)38/h1-26H/i1D,2D,3D,6D,7D,8D,9D,10D,11D,12D,13D,14D,17D,18D,19D,20D,21D,22D,23D,24D. The summed E-state index contributed by atoms with van der Waals surface area (Å²) >= 11 is 0. The van der Waals surface area contributed by atoms with Gasteiger partial charge >= 0.3 is 0 Å². The Morgan fingerprint density at radius 2 is 0.907 bits per heavy atom. The number of para-hydroxylation sites is 2. The van der Waals surface area contributed by atoms with Crippen LogP contribution in [0, 0.1) is 0 Å². The molecule has 0 amide bonds. The third kappa shape index (κ3) is 3.58. The molecule has 0 atom stereocenters. The molecule has 1 aromatic heterocycles. The lowest BCUT2D eigenvalue weighted by atomic mass is 9.84. The minimum atomic E-state index is -0.792. The highest BCUT2D eigenvalue weighted by atomic mass is 16.3. The predicted molar refractivity (Wildman–Crippen MR) is 183 cm³/mol. The van der Waals surface area contributed by atoms with Gasteiger partial charge in [-0.2, -0.15) is 0 Å². The Balaban J connectivity index is 1.52. The van der Waals surface area contributed by atoms with Crippen molar-refractivity contribution in [3.63, 3.8) is 0 Å². The lowest BCUT2D eigenvalue weighted by Gasteiger charge is -2.19. The minimum Gasteiger partial charge on any atom is -0.455 e. The number of rotatable bonds is 3. The molecule has 0 radical (unpaired) electrons. The molecule has 200 valence electrons. The van der Waals surface area contributed by atoms with Crippen LogP contribution in [-0.4, -0.2) is 0 Å². The van der Waals surface area contributed by atoms with Crippen molar-refractivity contribution in [3.05, 3.63) is 157 Å². The average molecular weight is 567 g/mol. The fourth-order valence-electron chi connectivity index (χ4n) is 5.77. The van der Waals surface area contributed by atoms with E-state index in [9.17, 15) is 5.48 Å². The maximum absolute atomic E-state index is 9.35. The summed E-state index contributed by atoms with van der Waals surface area (Å²) in [6.07, 6.45) is 0. The Hall–Kier alpha value is -5.66. The largest absolute Gasteiger partial charge is 0.455 e. The highest BCUT2D eigenvalue weighted by Gasteiger charge is 2.20. The van der Waals surface area contributed by atoms with Crippen LogP contribution in [0.2, 0.25) is 0 Å². The van der Waals surface area contributed by atoms with Crippen molar-refractivity contribution in [1.29, 1.82) is 0 Å². The average Bonchev–Trinajstić information content (AvgIpc) is 3.68. The van der Waals surface area contributed by atoms with Crippen molar-refractivity contribution in [3.8, 4) is 33.4 Å². The first-order chi connectivity index (χ1) is 29.7. The number of hydrogen-bond acceptors (Lipinski definition) is 1. The molecule has 0 aliphatic carbocycles. The Kier molecular flexibility index (Phi) is 2.54. The van der Waals surface area contributed by atoms with Crippen molar-refractivity contribution in [2.24, 2.45) is 0 Å². The molecule has 1 heterocycles. The first-order valence-corrected chi connectivity index (χ1v) is 13.1. The quantitative estimate of drug-likeness (QED) is 0.194. The molecule has 43 heavy (non-hydrogen) atoms. The summed E-state index contributed by atoms with van der Waals surface area (Å²) in [5.74, 6) is 0. The molecule has 8 aromatic carbocycles. The van der Waals surface area contributed by atoms with Gasteiger partial charge in [0.2, 0.25) is 0 Å². The van der Waals surface area contributed by atoms with Gasteiger partial charge in [-0.1, -0.05) is 151 Å². The van der Waals surface area contributed by atoms with Crippen molar-refractivity contribution >= 4 is 54.3 Å². The van der Waals surface area contributed by atoms with E-state index in [1.807, 2.05) is 0 Å². The van der Waals surface area contributed by atoms with Gasteiger partial charge in [-0.25, -0.2) is 0 Å². The Labute approximate surface area is 277 Å². The van der Waals surface area contributed by atoms with Crippen LogP contribution in [0.25, 0.3) is 87.6 Å². The zero-order valence-corrected chi connectivity index (χ0v) is 21.9. The Morgan fingerprint density at radius 3 is 1.60 bits per heavy atom. The Bertz CT molecular complexity index is 3520. The summed E-state index contributed by atoms with van der Waals surface area (Å²) in [5.41, 5.74) is -1.29. The lowest BCUT2D eigenvalue weighted by Crippen LogP contribution is -1.92. The molecular weight excluding hydrogens is 520 g/mol. The van der Waals surface area contributed by atoms with Crippen LogP contribution in [0.5, 0.6) is 0 Å². The molecule has 0 saturated carbocycles. The molecule has 1 nitrogen and oxygen atoms in total. The summed E-state index contributed by atoms with van der Waals surface area (Å²) in [6, 6.07) is -4.07. The molecule has 0 aliphatic heterocycles. The van der Waals surface area contributed by atoms with Gasteiger partial charge in [0.1, 0.15) is 11.2 Å². The molecule has 0 aliphatic rings. The van der Waals surface area contributed by atoms with Crippen molar-refractivity contribution in [2.45, 2.75) is 0 Å². The fourth-order valence-corrected chi connectivity index (χ4v) is 5.77. The van der Waals surface area contributed by atoms with Gasteiger partial charge in [0.25, 0.3) is 0 Å². The van der Waals surface area contributed by atoms with E-state index in [1.54, 1.807) is 24.3 Å². The molecule has 0 saturated heterocycles. The van der Waals surface area contributed by atoms with E-state index in [1.165, 1.54) is 12.1 Å². The van der Waals surface area contributed by atoms with Crippen LogP contribution in [0.4, 0.5) is 0 Å². The maximum atomic E-state index is 9.35. The molecule has 9 rings (SSSR count). The minimum absolute atomic E-state index is 0.0584. The van der Waals surface area contributed by atoms with Gasteiger partial charge < -0.3 is 4.42 Å². The molecule has 1 heteroatoms. The van der Waals surface area contributed by atoms with Crippen LogP contribution in [-0.2, 0) is 0 Å². The third-order valence-corrected chi connectivity index (χ3v) is 7.52. The second kappa shape index (κ2) is 9.44. The maximum Gasteiger partial charge on any atom is 0.143 e. The molecular formula is C42H26O. The molecule has 9 aromatic rings. The van der Waals surface area contributed by atoms with Crippen LogP contribution in [0.3, 0.4) is 0 Å². The third-order valence-electron chi connectivity index (χ3n) is 7.52. The second-order valence-electron chi connectivity index (χ2n) is 9.72. The van der Waals surface area contributed by atoms with Crippen LogP contribution >= 0.6 is 0 Å². The van der Waals surface area contributed by atoms with Gasteiger partial charge in [-0.15, -0.1) is 0 Å². The monoisotopic (exact) mass is 566 g/mol. The lowest BCUT2D eigenvalue weighted by molar-refractivity contribution is 0.670. The normalized spacial score (nSPS) is 18.2. The second-order valence-corrected chi connectivity index (χ2v) is 9.72. The highest BCUT2D eigenvalue weighted by Crippen LogP contribution is 2.47. The predicted octanol–water partition coefficient (Wildman–Crippen LogP) is 12.0. The van der Waals surface area contributed by atoms with Crippen molar-refractivity contribution in [2.75, 3.05) is 0 Å². The Morgan fingerprint density at radius 1 is 0.372 bits per heavy atom. The van der Waals surface area contributed by atoms with Gasteiger partial charge in [-0.3, -0.25) is 0 Å². The summed E-state index contributed by atoms with van der Waals surface area (Å²) in [4.78, 5) is 0. The van der Waals surface area contributed by atoms with Crippen LogP contribution < -0.4 is 0 Å². The number of benzene rings is 8. The van der Waals surface area contributed by atoms with Gasteiger partial charge in [0, 0.05) is 16.3 Å². The summed E-state index contributed by atoms with van der Waals surface area (Å²) in [6.45, 7) is 0. The van der Waals surface area contributed by atoms with Gasteiger partial charge in [0.05, 0.1) is 27.4 Å². The number of hydrogen-bond donors (Lipinski definition) is 0. The summed E-state index contributed by atoms with van der Waals surface area (Å²) in [7, 11) is 0. The van der Waals surface area contributed by atoms with E-state index >= 15 is 0 Å².